The summed E-state index contributed by atoms with van der Waals surface area (Å²) in [6.45, 7) is 2.57. The Labute approximate surface area is 159 Å². The minimum absolute atomic E-state index is 0.0738. The molecule has 26 heavy (non-hydrogen) atoms. The van der Waals surface area contributed by atoms with Gasteiger partial charge in [-0.25, -0.2) is 4.39 Å². The second kappa shape index (κ2) is 7.86. The summed E-state index contributed by atoms with van der Waals surface area (Å²) < 4.78 is 20.1. The van der Waals surface area contributed by atoms with Crippen LogP contribution < -0.4 is 15.0 Å². The van der Waals surface area contributed by atoms with Crippen molar-refractivity contribution in [3.63, 3.8) is 0 Å². The lowest BCUT2D eigenvalue weighted by Gasteiger charge is -2.20. The number of rotatable bonds is 5. The van der Waals surface area contributed by atoms with Gasteiger partial charge in [-0.1, -0.05) is 28.1 Å². The van der Waals surface area contributed by atoms with E-state index in [9.17, 15) is 14.0 Å². The number of hydrogen-bond acceptors (Lipinski definition) is 3. The maximum absolute atomic E-state index is 13.9. The second-order valence-corrected chi connectivity index (χ2v) is 6.84. The Morgan fingerprint density at radius 3 is 2.85 bits per heavy atom. The molecule has 1 aliphatic rings. The molecular formula is C19H18BrFN2O3. The molecule has 2 aromatic carbocycles. The summed E-state index contributed by atoms with van der Waals surface area (Å²) in [5, 5.41) is 2.57. The van der Waals surface area contributed by atoms with Crippen molar-refractivity contribution in [2.24, 2.45) is 5.92 Å². The SMILES string of the molecule is CCOc1ccccc1N1CC(C(=O)Nc2ccc(Br)cc2F)CC1=O. The quantitative estimate of drug-likeness (QED) is 0.795. The van der Waals surface area contributed by atoms with E-state index in [0.717, 1.165) is 0 Å². The second-order valence-electron chi connectivity index (χ2n) is 5.92. The number of anilines is 2. The molecule has 136 valence electrons. The largest absolute Gasteiger partial charge is 0.492 e. The van der Waals surface area contributed by atoms with Gasteiger partial charge in [-0.2, -0.15) is 0 Å². The van der Waals surface area contributed by atoms with Crippen LogP contribution in [0.4, 0.5) is 15.8 Å². The summed E-state index contributed by atoms with van der Waals surface area (Å²) >= 11 is 3.17. The average Bonchev–Trinajstić information content (AvgIpc) is 3.00. The molecule has 0 saturated carbocycles. The van der Waals surface area contributed by atoms with Gasteiger partial charge >= 0.3 is 0 Å². The van der Waals surface area contributed by atoms with Crippen molar-refractivity contribution in [1.29, 1.82) is 0 Å². The first-order valence-electron chi connectivity index (χ1n) is 8.27. The first-order chi connectivity index (χ1) is 12.5. The Kier molecular flexibility index (Phi) is 5.56. The normalized spacial score (nSPS) is 16.7. The van der Waals surface area contributed by atoms with Crippen LogP contribution in [0.2, 0.25) is 0 Å². The first kappa shape index (κ1) is 18.4. The molecule has 2 amide bonds. The summed E-state index contributed by atoms with van der Waals surface area (Å²) in [4.78, 5) is 26.5. The van der Waals surface area contributed by atoms with Crippen LogP contribution in [0.1, 0.15) is 13.3 Å². The molecule has 0 aromatic heterocycles. The third-order valence-corrected chi connectivity index (χ3v) is 4.63. The van der Waals surface area contributed by atoms with Gasteiger partial charge in [-0.05, 0) is 37.3 Å². The number of nitrogens with one attached hydrogen (secondary N) is 1. The first-order valence-corrected chi connectivity index (χ1v) is 9.07. The van der Waals surface area contributed by atoms with Crippen molar-refractivity contribution >= 4 is 39.1 Å². The average molecular weight is 421 g/mol. The lowest BCUT2D eigenvalue weighted by Crippen LogP contribution is -2.28. The van der Waals surface area contributed by atoms with Crippen molar-refractivity contribution in [2.45, 2.75) is 13.3 Å². The van der Waals surface area contributed by atoms with E-state index in [-0.39, 0.29) is 30.5 Å². The smallest absolute Gasteiger partial charge is 0.229 e. The molecule has 0 spiro atoms. The zero-order chi connectivity index (χ0) is 18.7. The van der Waals surface area contributed by atoms with E-state index in [1.165, 1.54) is 12.1 Å². The van der Waals surface area contributed by atoms with Crippen LogP contribution in [0.5, 0.6) is 5.75 Å². The highest BCUT2D eigenvalue weighted by atomic mass is 79.9. The Hall–Kier alpha value is -2.41. The molecule has 1 fully saturated rings. The van der Waals surface area contributed by atoms with Gasteiger partial charge in [-0.3, -0.25) is 9.59 Å². The number of carbonyl (C=O) groups is 2. The topological polar surface area (TPSA) is 58.6 Å². The Bertz CT molecular complexity index is 843. The number of carbonyl (C=O) groups excluding carboxylic acids is 2. The molecule has 1 aliphatic heterocycles. The number of para-hydroxylation sites is 2. The summed E-state index contributed by atoms with van der Waals surface area (Å²) in [6.07, 6.45) is 0.0738. The number of benzene rings is 2. The van der Waals surface area contributed by atoms with Gasteiger partial charge in [0.2, 0.25) is 11.8 Å². The van der Waals surface area contributed by atoms with Crippen LogP contribution in [0.25, 0.3) is 0 Å². The van der Waals surface area contributed by atoms with Gasteiger partial charge < -0.3 is 15.0 Å². The fraction of sp³-hybridized carbons (Fsp3) is 0.263. The minimum atomic E-state index is -0.555. The van der Waals surface area contributed by atoms with Crippen molar-refractivity contribution in [1.82, 2.24) is 0 Å². The van der Waals surface area contributed by atoms with Gasteiger partial charge in [0.25, 0.3) is 0 Å². The predicted octanol–water partition coefficient (Wildman–Crippen LogP) is 3.98. The highest BCUT2D eigenvalue weighted by Crippen LogP contribution is 2.33. The molecule has 1 unspecified atom stereocenters. The molecule has 1 atom stereocenters. The Morgan fingerprint density at radius 1 is 1.35 bits per heavy atom. The molecule has 3 rings (SSSR count). The van der Waals surface area contributed by atoms with Crippen molar-refractivity contribution in [3.05, 3.63) is 52.8 Å². The summed E-state index contributed by atoms with van der Waals surface area (Å²) in [7, 11) is 0. The number of halogens is 2. The van der Waals surface area contributed by atoms with Gasteiger partial charge in [0.15, 0.2) is 0 Å². The zero-order valence-corrected chi connectivity index (χ0v) is 15.8. The maximum Gasteiger partial charge on any atom is 0.229 e. The number of ether oxygens (including phenoxy) is 1. The molecular weight excluding hydrogens is 403 g/mol. The van der Waals surface area contributed by atoms with E-state index in [4.69, 9.17) is 4.74 Å². The van der Waals surface area contributed by atoms with Crippen LogP contribution in [0.3, 0.4) is 0 Å². The molecule has 1 N–H and O–H groups in total. The Balaban J connectivity index is 1.74. The van der Waals surface area contributed by atoms with Crippen LogP contribution in [0.15, 0.2) is 46.9 Å². The lowest BCUT2D eigenvalue weighted by molar-refractivity contribution is -0.122. The van der Waals surface area contributed by atoms with Crippen molar-refractivity contribution in [3.8, 4) is 5.75 Å². The third kappa shape index (κ3) is 3.88. The monoisotopic (exact) mass is 420 g/mol. The van der Waals surface area contributed by atoms with Crippen molar-refractivity contribution in [2.75, 3.05) is 23.4 Å². The lowest BCUT2D eigenvalue weighted by atomic mass is 10.1. The Morgan fingerprint density at radius 2 is 2.12 bits per heavy atom. The summed E-state index contributed by atoms with van der Waals surface area (Å²) in [5.41, 5.74) is 0.739. The number of amides is 2. The van der Waals surface area contributed by atoms with Gasteiger partial charge in [0, 0.05) is 17.4 Å². The fourth-order valence-corrected chi connectivity index (χ4v) is 3.23. The summed E-state index contributed by atoms with van der Waals surface area (Å²) in [6, 6.07) is 11.6. The van der Waals surface area contributed by atoms with Crippen LogP contribution in [-0.2, 0) is 9.59 Å². The molecule has 0 aliphatic carbocycles. The van der Waals surface area contributed by atoms with E-state index < -0.39 is 11.7 Å². The predicted molar refractivity (Wildman–Crippen MR) is 101 cm³/mol. The van der Waals surface area contributed by atoms with E-state index >= 15 is 0 Å². The van der Waals surface area contributed by atoms with Crippen LogP contribution in [-0.4, -0.2) is 25.0 Å². The van der Waals surface area contributed by atoms with Gasteiger partial charge in [-0.15, -0.1) is 0 Å². The van der Waals surface area contributed by atoms with Crippen LogP contribution in [0, 0.1) is 11.7 Å². The molecule has 0 bridgehead atoms. The molecule has 0 radical (unpaired) electrons. The standard InChI is InChI=1S/C19H18BrFN2O3/c1-2-26-17-6-4-3-5-16(17)23-11-12(9-18(23)24)19(25)22-15-8-7-13(20)10-14(15)21/h3-8,10,12H,2,9,11H2,1H3,(H,22,25). The molecule has 1 heterocycles. The minimum Gasteiger partial charge on any atom is -0.492 e. The van der Waals surface area contributed by atoms with E-state index in [1.54, 1.807) is 23.1 Å². The molecule has 7 heteroatoms. The number of nitrogens with zero attached hydrogens (tertiary/aromatic N) is 1. The fourth-order valence-electron chi connectivity index (χ4n) is 2.90. The van der Waals surface area contributed by atoms with E-state index in [0.29, 0.717) is 22.5 Å². The van der Waals surface area contributed by atoms with Crippen molar-refractivity contribution < 1.29 is 18.7 Å². The zero-order valence-electron chi connectivity index (χ0n) is 14.2. The molecule has 2 aromatic rings. The van der Waals surface area contributed by atoms with Gasteiger partial charge in [0.1, 0.15) is 11.6 Å². The molecule has 1 saturated heterocycles. The summed E-state index contributed by atoms with van der Waals surface area (Å²) in [5.74, 6) is -1.02. The molecule has 5 nitrogen and oxygen atoms in total. The van der Waals surface area contributed by atoms with Gasteiger partial charge in [0.05, 0.1) is 23.9 Å². The number of hydrogen-bond donors (Lipinski definition) is 1. The highest BCUT2D eigenvalue weighted by Gasteiger charge is 2.36. The maximum atomic E-state index is 13.9. The van der Waals surface area contributed by atoms with E-state index in [2.05, 4.69) is 21.2 Å². The highest BCUT2D eigenvalue weighted by molar-refractivity contribution is 9.10. The third-order valence-electron chi connectivity index (χ3n) is 4.14. The van der Waals surface area contributed by atoms with Crippen LogP contribution >= 0.6 is 15.9 Å². The van der Waals surface area contributed by atoms with E-state index in [1.807, 2.05) is 19.1 Å².